The molecular weight excluding hydrogens is 425 g/mol. The molecule has 2 aliphatic heterocycles. The van der Waals surface area contributed by atoms with Gasteiger partial charge in [0, 0.05) is 50.0 Å². The summed E-state index contributed by atoms with van der Waals surface area (Å²) in [6, 6.07) is 16.5. The predicted molar refractivity (Wildman–Crippen MR) is 125 cm³/mol. The molecule has 8 heteroatoms. The number of nitrogens with one attached hydrogen (secondary N) is 1. The van der Waals surface area contributed by atoms with Gasteiger partial charge in [-0.25, -0.2) is 4.39 Å². The summed E-state index contributed by atoms with van der Waals surface area (Å²) in [7, 11) is 0. The second-order valence-corrected chi connectivity index (χ2v) is 8.44. The van der Waals surface area contributed by atoms with E-state index in [2.05, 4.69) is 30.7 Å². The molecule has 0 amide bonds. The van der Waals surface area contributed by atoms with Crippen molar-refractivity contribution in [1.29, 1.82) is 0 Å². The lowest BCUT2D eigenvalue weighted by Crippen LogP contribution is -2.42. The number of hydrogen-bond donors (Lipinski definition) is 1. The van der Waals surface area contributed by atoms with Crippen LogP contribution in [0.5, 0.6) is 0 Å². The molecule has 2 atom stereocenters. The van der Waals surface area contributed by atoms with Crippen LogP contribution in [-0.4, -0.2) is 63.9 Å². The first kappa shape index (κ1) is 21.1. The molecule has 0 radical (unpaired) electrons. The van der Waals surface area contributed by atoms with E-state index in [1.807, 2.05) is 36.7 Å². The molecule has 1 N–H and O–H groups in total. The van der Waals surface area contributed by atoms with Crippen LogP contribution >= 0.6 is 12.2 Å². The molecule has 0 bridgehead atoms. The van der Waals surface area contributed by atoms with Gasteiger partial charge in [0.15, 0.2) is 5.11 Å². The number of rotatable bonds is 6. The Kier molecular flexibility index (Phi) is 6.16. The summed E-state index contributed by atoms with van der Waals surface area (Å²) in [6.45, 7) is 5.14. The van der Waals surface area contributed by atoms with Crippen LogP contribution in [0.25, 0.3) is 5.69 Å². The Labute approximate surface area is 192 Å². The summed E-state index contributed by atoms with van der Waals surface area (Å²) >= 11 is 5.80. The van der Waals surface area contributed by atoms with Crippen molar-refractivity contribution in [2.45, 2.75) is 12.1 Å². The zero-order chi connectivity index (χ0) is 21.9. The maximum atomic E-state index is 13.5. The molecule has 1 aromatic carbocycles. The number of thiocarbonyl (C=S) groups is 1. The number of aromatic nitrogens is 2. The van der Waals surface area contributed by atoms with Gasteiger partial charge in [-0.05, 0) is 60.7 Å². The Morgan fingerprint density at radius 1 is 1.03 bits per heavy atom. The lowest BCUT2D eigenvalue weighted by molar-refractivity contribution is 0.0349. The lowest BCUT2D eigenvalue weighted by atomic mass is 10.0. The number of pyridine rings is 1. The molecule has 3 aromatic rings. The number of halogens is 1. The minimum absolute atomic E-state index is 0.0431. The largest absolute Gasteiger partial charge is 0.379 e. The van der Waals surface area contributed by atoms with Crippen LogP contribution in [0.15, 0.2) is 67.0 Å². The van der Waals surface area contributed by atoms with Gasteiger partial charge < -0.3 is 19.5 Å². The quantitative estimate of drug-likeness (QED) is 0.581. The standard InChI is InChI=1S/C24H26FN5OS/c25-18-6-8-19(9-7-18)29-11-3-5-21(29)23-22(20-4-1-2-10-26-20)27-24(32)30(23)13-12-28-14-16-31-17-15-28/h1-11,22-23H,12-17H2,(H,27,32)/t22-,23-/m1/s1. The Morgan fingerprint density at radius 2 is 1.84 bits per heavy atom. The Bertz CT molecular complexity index is 1050. The summed E-state index contributed by atoms with van der Waals surface area (Å²) in [6.07, 6.45) is 3.83. The fraction of sp³-hybridized carbons (Fsp3) is 0.333. The van der Waals surface area contributed by atoms with E-state index >= 15 is 0 Å². The van der Waals surface area contributed by atoms with Crippen molar-refractivity contribution in [2.24, 2.45) is 0 Å². The number of ether oxygens (including phenoxy) is 1. The zero-order valence-corrected chi connectivity index (χ0v) is 18.5. The molecule has 0 unspecified atom stereocenters. The summed E-state index contributed by atoms with van der Waals surface area (Å²) < 4.78 is 21.1. The van der Waals surface area contributed by atoms with Gasteiger partial charge in [-0.15, -0.1) is 0 Å². The molecule has 5 rings (SSSR count). The summed E-state index contributed by atoms with van der Waals surface area (Å²) in [5.41, 5.74) is 2.94. The highest BCUT2D eigenvalue weighted by Gasteiger charge is 2.41. The second-order valence-electron chi connectivity index (χ2n) is 8.05. The maximum Gasteiger partial charge on any atom is 0.170 e. The van der Waals surface area contributed by atoms with Crippen molar-refractivity contribution in [3.63, 3.8) is 0 Å². The molecule has 32 heavy (non-hydrogen) atoms. The fourth-order valence-electron chi connectivity index (χ4n) is 4.51. The first-order valence-corrected chi connectivity index (χ1v) is 11.3. The summed E-state index contributed by atoms with van der Waals surface area (Å²) in [5, 5.41) is 4.24. The van der Waals surface area contributed by atoms with E-state index < -0.39 is 0 Å². The van der Waals surface area contributed by atoms with Crippen LogP contribution < -0.4 is 5.32 Å². The van der Waals surface area contributed by atoms with Gasteiger partial charge in [0.05, 0.1) is 31.0 Å². The predicted octanol–water partition coefficient (Wildman–Crippen LogP) is 3.32. The molecular formula is C24H26FN5OS. The van der Waals surface area contributed by atoms with Crippen LogP contribution in [0, 0.1) is 5.82 Å². The summed E-state index contributed by atoms with van der Waals surface area (Å²) in [4.78, 5) is 9.30. The third-order valence-electron chi connectivity index (χ3n) is 6.15. The number of hydrogen-bond acceptors (Lipinski definition) is 4. The Morgan fingerprint density at radius 3 is 2.59 bits per heavy atom. The number of benzene rings is 1. The van der Waals surface area contributed by atoms with E-state index in [1.54, 1.807) is 12.1 Å². The van der Waals surface area contributed by atoms with E-state index in [0.29, 0.717) is 0 Å². The van der Waals surface area contributed by atoms with Gasteiger partial charge in [0.1, 0.15) is 5.82 Å². The molecule has 2 saturated heterocycles. The van der Waals surface area contributed by atoms with Gasteiger partial charge in [-0.2, -0.15) is 0 Å². The number of nitrogens with zero attached hydrogens (tertiary/aromatic N) is 4. The molecule has 4 heterocycles. The fourth-order valence-corrected chi connectivity index (χ4v) is 4.85. The molecule has 0 spiro atoms. The minimum Gasteiger partial charge on any atom is -0.379 e. The highest BCUT2D eigenvalue weighted by Crippen LogP contribution is 2.39. The van der Waals surface area contributed by atoms with E-state index in [0.717, 1.165) is 61.6 Å². The SMILES string of the molecule is Fc1ccc(-n2cccc2[C@@H]2[C@@H](c3ccccn3)NC(=S)N2CCN2CCOCC2)cc1. The molecule has 2 aliphatic rings. The molecule has 2 fully saturated rings. The van der Waals surface area contributed by atoms with E-state index in [-0.39, 0.29) is 17.9 Å². The molecule has 6 nitrogen and oxygen atoms in total. The zero-order valence-electron chi connectivity index (χ0n) is 17.7. The normalized spacial score (nSPS) is 21.7. The Hall–Kier alpha value is -2.81. The van der Waals surface area contributed by atoms with Gasteiger partial charge >= 0.3 is 0 Å². The van der Waals surface area contributed by atoms with Crippen molar-refractivity contribution >= 4 is 17.3 Å². The van der Waals surface area contributed by atoms with Gasteiger partial charge in [0.25, 0.3) is 0 Å². The molecule has 166 valence electrons. The van der Waals surface area contributed by atoms with Crippen molar-refractivity contribution in [2.75, 3.05) is 39.4 Å². The number of morpholine rings is 1. The average molecular weight is 452 g/mol. The van der Waals surface area contributed by atoms with Crippen LogP contribution in [0.1, 0.15) is 23.5 Å². The average Bonchev–Trinajstić information content (AvgIpc) is 3.43. The van der Waals surface area contributed by atoms with E-state index in [9.17, 15) is 4.39 Å². The Balaban J connectivity index is 1.49. The molecule has 0 saturated carbocycles. The lowest BCUT2D eigenvalue weighted by Gasteiger charge is -2.32. The first-order valence-electron chi connectivity index (χ1n) is 10.9. The van der Waals surface area contributed by atoms with Crippen molar-refractivity contribution in [3.8, 4) is 5.69 Å². The molecule has 0 aliphatic carbocycles. The maximum absolute atomic E-state index is 13.5. The van der Waals surface area contributed by atoms with Crippen LogP contribution in [-0.2, 0) is 4.74 Å². The van der Waals surface area contributed by atoms with Crippen LogP contribution in [0.3, 0.4) is 0 Å². The smallest absolute Gasteiger partial charge is 0.170 e. The highest BCUT2D eigenvalue weighted by molar-refractivity contribution is 7.80. The molecule has 2 aromatic heterocycles. The van der Waals surface area contributed by atoms with Crippen molar-refractivity contribution < 1.29 is 9.13 Å². The second kappa shape index (κ2) is 9.36. The third kappa shape index (κ3) is 4.26. The van der Waals surface area contributed by atoms with Gasteiger partial charge in [-0.1, -0.05) is 6.07 Å². The monoisotopic (exact) mass is 451 g/mol. The van der Waals surface area contributed by atoms with Crippen LogP contribution in [0.4, 0.5) is 4.39 Å². The third-order valence-corrected chi connectivity index (χ3v) is 6.50. The minimum atomic E-state index is -0.246. The highest BCUT2D eigenvalue weighted by atomic mass is 32.1. The van der Waals surface area contributed by atoms with Gasteiger partial charge in [-0.3, -0.25) is 9.88 Å². The van der Waals surface area contributed by atoms with Crippen molar-refractivity contribution in [1.82, 2.24) is 24.7 Å². The van der Waals surface area contributed by atoms with Crippen LogP contribution in [0.2, 0.25) is 0 Å². The van der Waals surface area contributed by atoms with Gasteiger partial charge in [0.2, 0.25) is 0 Å². The first-order chi connectivity index (χ1) is 15.7. The van der Waals surface area contributed by atoms with E-state index in [4.69, 9.17) is 17.0 Å². The van der Waals surface area contributed by atoms with Crippen molar-refractivity contribution in [3.05, 3.63) is 84.2 Å². The topological polar surface area (TPSA) is 45.6 Å². The van der Waals surface area contributed by atoms with E-state index in [1.165, 1.54) is 12.1 Å². The summed E-state index contributed by atoms with van der Waals surface area (Å²) in [5.74, 6) is -0.246.